The highest BCUT2D eigenvalue weighted by molar-refractivity contribution is 7.80. The second kappa shape index (κ2) is 5.43. The van der Waals surface area contributed by atoms with Crippen LogP contribution in [0.25, 0.3) is 0 Å². The summed E-state index contributed by atoms with van der Waals surface area (Å²) in [6.45, 7) is 11.8. The van der Waals surface area contributed by atoms with E-state index in [4.69, 9.17) is 12.2 Å². The first-order chi connectivity index (χ1) is 5.81. The van der Waals surface area contributed by atoms with Crippen molar-refractivity contribution in [3.05, 3.63) is 0 Å². The second-order valence-electron chi connectivity index (χ2n) is 4.87. The Morgan fingerprint density at radius 3 is 2.23 bits per heavy atom. The Balaban J connectivity index is 3.49. The van der Waals surface area contributed by atoms with Gasteiger partial charge in [0.1, 0.15) is 0 Å². The van der Waals surface area contributed by atoms with E-state index >= 15 is 0 Å². The Kier molecular flexibility index (Phi) is 5.30. The monoisotopic (exact) mass is 202 g/mol. The van der Waals surface area contributed by atoms with Crippen molar-refractivity contribution in [2.45, 2.75) is 47.1 Å². The van der Waals surface area contributed by atoms with E-state index in [1.165, 1.54) is 0 Å². The van der Waals surface area contributed by atoms with E-state index in [1.54, 1.807) is 0 Å². The fourth-order valence-corrected chi connectivity index (χ4v) is 1.20. The molecule has 0 aromatic rings. The fraction of sp³-hybridized carbons (Fsp3) is 0.900. The molecule has 0 aliphatic heterocycles. The zero-order valence-corrected chi connectivity index (χ0v) is 10.2. The van der Waals surface area contributed by atoms with Gasteiger partial charge in [0.25, 0.3) is 0 Å². The predicted molar refractivity (Wildman–Crippen MR) is 62.9 cm³/mol. The van der Waals surface area contributed by atoms with Crippen molar-refractivity contribution in [1.29, 1.82) is 0 Å². The lowest BCUT2D eigenvalue weighted by Crippen LogP contribution is -2.40. The van der Waals surface area contributed by atoms with E-state index in [0.29, 0.717) is 11.5 Å². The summed E-state index contributed by atoms with van der Waals surface area (Å²) in [4.78, 5) is 0. The van der Waals surface area contributed by atoms with Gasteiger partial charge in [0.2, 0.25) is 0 Å². The summed E-state index contributed by atoms with van der Waals surface area (Å²) >= 11 is 5.10. The molecule has 3 heteroatoms. The topological polar surface area (TPSA) is 24.1 Å². The lowest BCUT2D eigenvalue weighted by molar-refractivity contribution is 0.377. The van der Waals surface area contributed by atoms with E-state index in [1.807, 2.05) is 0 Å². The maximum atomic E-state index is 5.10. The van der Waals surface area contributed by atoms with Gasteiger partial charge in [-0.15, -0.1) is 0 Å². The molecule has 0 spiro atoms. The third kappa shape index (κ3) is 9.61. The van der Waals surface area contributed by atoms with Gasteiger partial charge < -0.3 is 10.6 Å². The Labute approximate surface area is 87.5 Å². The van der Waals surface area contributed by atoms with Crippen molar-refractivity contribution < 1.29 is 0 Å². The number of hydrogen-bond donors (Lipinski definition) is 2. The summed E-state index contributed by atoms with van der Waals surface area (Å²) in [5.74, 6) is 0. The minimum Gasteiger partial charge on any atom is -0.363 e. The van der Waals surface area contributed by atoms with Gasteiger partial charge in [0, 0.05) is 12.6 Å². The fourth-order valence-electron chi connectivity index (χ4n) is 0.864. The minimum absolute atomic E-state index is 0.375. The third-order valence-corrected chi connectivity index (χ3v) is 1.84. The molecule has 0 fully saturated rings. The summed E-state index contributed by atoms with van der Waals surface area (Å²) < 4.78 is 0. The Hall–Kier alpha value is -0.310. The molecule has 78 valence electrons. The van der Waals surface area contributed by atoms with Crippen LogP contribution in [-0.4, -0.2) is 17.7 Å². The minimum atomic E-state index is 0.375. The maximum absolute atomic E-state index is 5.10. The predicted octanol–water partition coefficient (Wildman–Crippen LogP) is 2.30. The van der Waals surface area contributed by atoms with Crippen molar-refractivity contribution in [3.8, 4) is 0 Å². The Morgan fingerprint density at radius 1 is 1.31 bits per heavy atom. The van der Waals surface area contributed by atoms with Gasteiger partial charge in [0.05, 0.1) is 0 Å². The van der Waals surface area contributed by atoms with Gasteiger partial charge in [0.15, 0.2) is 5.11 Å². The van der Waals surface area contributed by atoms with Gasteiger partial charge in [-0.3, -0.25) is 0 Å². The Morgan fingerprint density at radius 2 is 1.85 bits per heavy atom. The molecule has 0 aliphatic rings. The summed E-state index contributed by atoms with van der Waals surface area (Å²) in [5.41, 5.74) is 0.375. The molecular weight excluding hydrogens is 180 g/mol. The summed E-state index contributed by atoms with van der Waals surface area (Å²) in [7, 11) is 0. The van der Waals surface area contributed by atoms with E-state index in [-0.39, 0.29) is 0 Å². The van der Waals surface area contributed by atoms with Crippen LogP contribution in [0.3, 0.4) is 0 Å². The summed E-state index contributed by atoms with van der Waals surface area (Å²) in [6, 6.07) is 0.412. The molecular formula is C10H22N2S. The molecule has 0 saturated carbocycles. The highest BCUT2D eigenvalue weighted by Crippen LogP contribution is 2.16. The smallest absolute Gasteiger partial charge is 0.166 e. The molecule has 0 aromatic heterocycles. The van der Waals surface area contributed by atoms with Crippen molar-refractivity contribution in [3.63, 3.8) is 0 Å². The second-order valence-corrected chi connectivity index (χ2v) is 5.27. The van der Waals surface area contributed by atoms with Gasteiger partial charge in [-0.25, -0.2) is 0 Å². The van der Waals surface area contributed by atoms with Crippen molar-refractivity contribution in [1.82, 2.24) is 10.6 Å². The van der Waals surface area contributed by atoms with Crippen LogP contribution in [0.5, 0.6) is 0 Å². The van der Waals surface area contributed by atoms with Gasteiger partial charge in [-0.1, -0.05) is 20.8 Å². The van der Waals surface area contributed by atoms with E-state index in [2.05, 4.69) is 45.3 Å². The van der Waals surface area contributed by atoms with Crippen molar-refractivity contribution in [2.24, 2.45) is 5.41 Å². The van der Waals surface area contributed by atoms with Crippen LogP contribution in [0.15, 0.2) is 0 Å². The van der Waals surface area contributed by atoms with Crippen LogP contribution >= 0.6 is 12.2 Å². The number of hydrogen-bond acceptors (Lipinski definition) is 1. The quantitative estimate of drug-likeness (QED) is 0.687. The van der Waals surface area contributed by atoms with Crippen LogP contribution < -0.4 is 10.6 Å². The molecule has 0 bridgehead atoms. The highest BCUT2D eigenvalue weighted by atomic mass is 32.1. The van der Waals surface area contributed by atoms with Crippen LogP contribution in [0.1, 0.15) is 41.0 Å². The van der Waals surface area contributed by atoms with E-state index in [0.717, 1.165) is 18.1 Å². The first-order valence-corrected chi connectivity index (χ1v) is 5.26. The van der Waals surface area contributed by atoms with Crippen LogP contribution in [0, 0.1) is 5.41 Å². The first-order valence-electron chi connectivity index (χ1n) is 4.85. The molecule has 0 aromatic carbocycles. The van der Waals surface area contributed by atoms with E-state index < -0.39 is 0 Å². The van der Waals surface area contributed by atoms with Crippen LogP contribution in [0.4, 0.5) is 0 Å². The number of thiocarbonyl (C=S) groups is 1. The standard InChI is InChI=1S/C10H22N2S/c1-8(2)12-9(13)11-7-6-10(3,4)5/h8H,6-7H2,1-5H3,(H2,11,12,13). The van der Waals surface area contributed by atoms with Gasteiger partial charge in [-0.2, -0.15) is 0 Å². The molecule has 0 atom stereocenters. The van der Waals surface area contributed by atoms with E-state index in [9.17, 15) is 0 Å². The molecule has 0 amide bonds. The number of rotatable bonds is 3. The molecule has 0 rings (SSSR count). The maximum Gasteiger partial charge on any atom is 0.166 e. The van der Waals surface area contributed by atoms with Gasteiger partial charge >= 0.3 is 0 Å². The Bertz CT molecular complexity index is 159. The highest BCUT2D eigenvalue weighted by Gasteiger charge is 2.09. The normalized spacial score (nSPS) is 11.5. The summed E-state index contributed by atoms with van der Waals surface area (Å²) in [5, 5.41) is 7.10. The molecule has 2 nitrogen and oxygen atoms in total. The lowest BCUT2D eigenvalue weighted by atomic mass is 9.92. The number of nitrogens with one attached hydrogen (secondary N) is 2. The summed E-state index contributed by atoms with van der Waals surface area (Å²) in [6.07, 6.45) is 1.13. The molecule has 0 unspecified atom stereocenters. The van der Waals surface area contributed by atoms with Gasteiger partial charge in [-0.05, 0) is 37.9 Å². The molecule has 13 heavy (non-hydrogen) atoms. The third-order valence-electron chi connectivity index (χ3n) is 1.58. The van der Waals surface area contributed by atoms with Crippen molar-refractivity contribution in [2.75, 3.05) is 6.54 Å². The lowest BCUT2D eigenvalue weighted by Gasteiger charge is -2.19. The molecule has 0 saturated heterocycles. The zero-order chi connectivity index (χ0) is 10.5. The SMILES string of the molecule is CC(C)NC(=S)NCCC(C)(C)C. The average Bonchev–Trinajstić information content (AvgIpc) is 1.81. The average molecular weight is 202 g/mol. The largest absolute Gasteiger partial charge is 0.363 e. The molecule has 0 radical (unpaired) electrons. The zero-order valence-electron chi connectivity index (χ0n) is 9.40. The molecule has 2 N–H and O–H groups in total. The molecule has 0 heterocycles. The molecule has 0 aliphatic carbocycles. The van der Waals surface area contributed by atoms with Crippen LogP contribution in [-0.2, 0) is 0 Å². The van der Waals surface area contributed by atoms with Crippen LogP contribution in [0.2, 0.25) is 0 Å². The first kappa shape index (κ1) is 12.7. The van der Waals surface area contributed by atoms with Crippen molar-refractivity contribution >= 4 is 17.3 Å².